The molecule has 0 fully saturated rings. The molecule has 0 unspecified atom stereocenters. The van der Waals surface area contributed by atoms with Gasteiger partial charge in [0.05, 0.1) is 0 Å². The van der Waals surface area contributed by atoms with Crippen molar-refractivity contribution in [2.24, 2.45) is 0 Å². The van der Waals surface area contributed by atoms with Crippen LogP contribution in [0.1, 0.15) is 26.7 Å². The maximum atomic E-state index is 9.24. The van der Waals surface area contributed by atoms with Crippen molar-refractivity contribution < 1.29 is 13.9 Å². The molecule has 0 saturated carbocycles. The van der Waals surface area contributed by atoms with Gasteiger partial charge in [-0.1, -0.05) is 0 Å². The van der Waals surface area contributed by atoms with E-state index in [-0.39, 0.29) is 0 Å². The van der Waals surface area contributed by atoms with E-state index in [2.05, 4.69) is 0 Å². The Bertz CT molecular complexity index is 89.8. The molecular weight excluding hydrogens is 186 g/mol. The summed E-state index contributed by atoms with van der Waals surface area (Å²) in [5.74, 6) is 0. The molecule has 0 aromatic heterocycles. The van der Waals surface area contributed by atoms with Crippen LogP contribution in [0.15, 0.2) is 0 Å². The van der Waals surface area contributed by atoms with Crippen LogP contribution in [0.5, 0.6) is 0 Å². The van der Waals surface area contributed by atoms with Crippen LogP contribution in [-0.4, -0.2) is 18.1 Å². The van der Waals surface area contributed by atoms with E-state index in [1.54, 1.807) is 0 Å². The summed E-state index contributed by atoms with van der Waals surface area (Å²) in [6.45, 7) is 4.80. The van der Waals surface area contributed by atoms with Gasteiger partial charge in [0.25, 0.3) is 0 Å². The fraction of sp³-hybridized carbons (Fsp3) is 1.00. The molecule has 0 aromatic rings. The molecule has 1 N–H and O–H groups in total. The van der Waals surface area contributed by atoms with Crippen molar-refractivity contribution in [1.82, 2.24) is 0 Å². The quantitative estimate of drug-likeness (QED) is 0.673. The fourth-order valence-corrected chi connectivity index (χ4v) is 1.96. The van der Waals surface area contributed by atoms with Gasteiger partial charge < -0.3 is 0 Å². The normalized spacial score (nSPS) is 13.5. The van der Waals surface area contributed by atoms with Crippen molar-refractivity contribution in [3.8, 4) is 0 Å². The summed E-state index contributed by atoms with van der Waals surface area (Å²) in [6.07, 6.45) is 1.66. The van der Waals surface area contributed by atoms with Gasteiger partial charge >= 0.3 is 72.4 Å². The van der Waals surface area contributed by atoms with Gasteiger partial charge in [-0.25, -0.2) is 0 Å². The van der Waals surface area contributed by atoms with E-state index in [0.717, 1.165) is 12.8 Å². The van der Waals surface area contributed by atoms with Gasteiger partial charge in [0.1, 0.15) is 0 Å². The van der Waals surface area contributed by atoms with E-state index in [1.165, 1.54) is 0 Å². The molecule has 0 heterocycles. The van der Waals surface area contributed by atoms with E-state index >= 15 is 0 Å². The SMILES string of the molecule is CCCO[PH](O)(Cl)OCCC. The third-order valence-electron chi connectivity index (χ3n) is 0.968. The molecule has 0 radical (unpaired) electrons. The molecule has 70 valence electrons. The molecule has 0 aliphatic heterocycles. The Hall–Kier alpha value is 0.600. The molecule has 0 aliphatic rings. The van der Waals surface area contributed by atoms with Crippen molar-refractivity contribution in [3.05, 3.63) is 0 Å². The maximum absolute atomic E-state index is 9.24. The molecule has 0 aliphatic carbocycles. The second-order valence-electron chi connectivity index (χ2n) is 2.20. The number of hydrogen-bond donors (Lipinski definition) is 1. The summed E-state index contributed by atoms with van der Waals surface area (Å²) in [5, 5.41) is 0. The van der Waals surface area contributed by atoms with Gasteiger partial charge in [0.2, 0.25) is 0 Å². The van der Waals surface area contributed by atoms with Gasteiger partial charge in [-0.15, -0.1) is 0 Å². The third-order valence-corrected chi connectivity index (χ3v) is 2.74. The van der Waals surface area contributed by atoms with Crippen LogP contribution >= 0.6 is 18.5 Å². The molecule has 0 amide bonds. The van der Waals surface area contributed by atoms with Gasteiger partial charge in [-0.05, 0) is 0 Å². The Kier molecular flexibility index (Phi) is 6.49. The van der Waals surface area contributed by atoms with E-state index in [1.807, 2.05) is 13.8 Å². The summed E-state index contributed by atoms with van der Waals surface area (Å²) in [6, 6.07) is 0. The molecular formula is C6H16ClO3P. The predicted molar refractivity (Wildman–Crippen MR) is 48.9 cm³/mol. The summed E-state index contributed by atoms with van der Waals surface area (Å²) < 4.78 is 9.84. The fourth-order valence-electron chi connectivity index (χ4n) is 0.498. The van der Waals surface area contributed by atoms with Crippen LogP contribution in [-0.2, 0) is 9.05 Å². The van der Waals surface area contributed by atoms with E-state index < -0.39 is 7.30 Å². The first-order chi connectivity index (χ1) is 5.12. The average Bonchev–Trinajstić information content (AvgIpc) is 1.97. The standard InChI is InChI=1S/C6H16ClO3P/c1-3-5-9-11(7,8)10-6-4-2/h8,11H,3-6H2,1-2H3. The van der Waals surface area contributed by atoms with Gasteiger partial charge in [-0.2, -0.15) is 0 Å². The molecule has 0 spiro atoms. The first kappa shape index (κ1) is 11.6. The van der Waals surface area contributed by atoms with Crippen molar-refractivity contribution in [2.45, 2.75) is 26.7 Å². The minimum absolute atomic E-state index is 0.454. The summed E-state index contributed by atoms with van der Waals surface area (Å²) in [5.41, 5.74) is 0. The van der Waals surface area contributed by atoms with E-state index in [0.29, 0.717) is 13.2 Å². The van der Waals surface area contributed by atoms with Crippen LogP contribution in [0.2, 0.25) is 0 Å². The van der Waals surface area contributed by atoms with E-state index in [9.17, 15) is 4.89 Å². The topological polar surface area (TPSA) is 38.7 Å². The van der Waals surface area contributed by atoms with Gasteiger partial charge in [-0.3, -0.25) is 0 Å². The number of hydrogen-bond acceptors (Lipinski definition) is 3. The molecule has 0 bridgehead atoms. The van der Waals surface area contributed by atoms with Gasteiger partial charge in [0, 0.05) is 0 Å². The number of rotatable bonds is 6. The van der Waals surface area contributed by atoms with Crippen LogP contribution in [0.25, 0.3) is 0 Å². The van der Waals surface area contributed by atoms with E-state index in [4.69, 9.17) is 20.3 Å². The Balaban J connectivity index is 3.43. The second-order valence-corrected chi connectivity index (χ2v) is 5.22. The average molecular weight is 203 g/mol. The third kappa shape index (κ3) is 6.98. The Morgan fingerprint density at radius 2 is 1.55 bits per heavy atom. The molecule has 5 heteroatoms. The zero-order valence-corrected chi connectivity index (χ0v) is 8.73. The van der Waals surface area contributed by atoms with Crippen LogP contribution < -0.4 is 0 Å². The molecule has 0 atom stereocenters. The van der Waals surface area contributed by atoms with Crippen LogP contribution in [0, 0.1) is 0 Å². The summed E-state index contributed by atoms with van der Waals surface area (Å²) in [4.78, 5) is 9.24. The molecule has 11 heavy (non-hydrogen) atoms. The molecule has 0 saturated heterocycles. The van der Waals surface area contributed by atoms with Crippen molar-refractivity contribution >= 4 is 18.5 Å². The Labute approximate surface area is 73.0 Å². The van der Waals surface area contributed by atoms with Crippen molar-refractivity contribution in [1.29, 1.82) is 0 Å². The van der Waals surface area contributed by atoms with Crippen LogP contribution in [0.4, 0.5) is 0 Å². The molecule has 0 aromatic carbocycles. The number of halogens is 1. The zero-order chi connectivity index (χ0) is 8.74. The monoisotopic (exact) mass is 202 g/mol. The first-order valence-electron chi connectivity index (χ1n) is 3.81. The van der Waals surface area contributed by atoms with Crippen molar-refractivity contribution in [3.63, 3.8) is 0 Å². The summed E-state index contributed by atoms with van der Waals surface area (Å²) in [7, 11) is -3.27. The van der Waals surface area contributed by atoms with Crippen molar-refractivity contribution in [2.75, 3.05) is 13.2 Å². The predicted octanol–water partition coefficient (Wildman–Crippen LogP) is 2.48. The second kappa shape index (κ2) is 6.15. The first-order valence-corrected chi connectivity index (χ1v) is 6.59. The summed E-state index contributed by atoms with van der Waals surface area (Å²) >= 11 is 5.54. The minimum atomic E-state index is -3.27. The van der Waals surface area contributed by atoms with Crippen LogP contribution in [0.3, 0.4) is 0 Å². The van der Waals surface area contributed by atoms with Gasteiger partial charge in [0.15, 0.2) is 0 Å². The molecule has 3 nitrogen and oxygen atoms in total. The Morgan fingerprint density at radius 1 is 1.18 bits per heavy atom. The Morgan fingerprint density at radius 3 is 1.82 bits per heavy atom. The molecule has 0 rings (SSSR count). The zero-order valence-electron chi connectivity index (χ0n) is 6.97.